The van der Waals surface area contributed by atoms with Crippen molar-refractivity contribution < 1.29 is 13.9 Å². The van der Waals surface area contributed by atoms with Crippen molar-refractivity contribution in [2.45, 2.75) is 19.5 Å². The van der Waals surface area contributed by atoms with Crippen molar-refractivity contribution in [3.63, 3.8) is 0 Å². The topological polar surface area (TPSA) is 95.2 Å². The molecule has 0 spiro atoms. The molecule has 3 aromatic carbocycles. The Morgan fingerprint density at radius 2 is 1.74 bits per heavy atom. The molecule has 0 aliphatic rings. The van der Waals surface area contributed by atoms with Gasteiger partial charge in [-0.25, -0.2) is 9.18 Å². The average molecular weight is 474 g/mol. The van der Waals surface area contributed by atoms with E-state index in [9.17, 15) is 18.8 Å². The fourth-order valence-electron chi connectivity index (χ4n) is 3.62. The Morgan fingerprint density at radius 3 is 2.46 bits per heavy atom. The lowest BCUT2D eigenvalue weighted by molar-refractivity contribution is 0.0930. The molecule has 0 saturated carbocycles. The predicted octanol–water partition coefficient (Wildman–Crippen LogP) is 3.08. The highest BCUT2D eigenvalue weighted by molar-refractivity contribution is 5.92. The van der Waals surface area contributed by atoms with Gasteiger partial charge in [-0.3, -0.25) is 14.2 Å². The summed E-state index contributed by atoms with van der Waals surface area (Å²) in [5.74, 6) is -0.970. The first-order valence-corrected chi connectivity index (χ1v) is 10.9. The quantitative estimate of drug-likeness (QED) is 0.444. The zero-order valence-corrected chi connectivity index (χ0v) is 19.1. The Bertz CT molecular complexity index is 1480. The molecule has 4 aromatic rings. The molecular formula is C26H23FN4O4. The number of para-hydroxylation sites is 1. The van der Waals surface area contributed by atoms with E-state index in [2.05, 4.69) is 10.4 Å². The largest absolute Gasteiger partial charge is 0.497 e. The highest BCUT2D eigenvalue weighted by Gasteiger charge is 2.23. The molecule has 0 radical (unpaired) electrons. The summed E-state index contributed by atoms with van der Waals surface area (Å²) in [5, 5.41) is 6.71. The minimum absolute atomic E-state index is 0.166. The second-order valence-corrected chi connectivity index (χ2v) is 7.84. The van der Waals surface area contributed by atoms with Gasteiger partial charge in [0.05, 0.1) is 19.7 Å². The zero-order valence-electron chi connectivity index (χ0n) is 19.1. The van der Waals surface area contributed by atoms with Crippen LogP contribution in [-0.4, -0.2) is 27.4 Å². The standard InChI is InChI=1S/C26H23FN4O4/c1-17(19-10-4-3-5-11-19)28-24(32)23-25(33)30(16-18-9-8-12-20(15-18)35-2)26(34)31(29-23)22-14-7-6-13-21(22)27/h3-15,17H,16H2,1-2H3,(H,28,32)/t17-/m1/s1. The molecule has 0 saturated heterocycles. The number of hydrogen-bond acceptors (Lipinski definition) is 5. The van der Waals surface area contributed by atoms with Gasteiger partial charge in [-0.05, 0) is 42.3 Å². The van der Waals surface area contributed by atoms with Crippen LogP contribution in [0.3, 0.4) is 0 Å². The van der Waals surface area contributed by atoms with Crippen LogP contribution in [0, 0.1) is 5.82 Å². The molecule has 8 nitrogen and oxygen atoms in total. The van der Waals surface area contributed by atoms with Gasteiger partial charge in [0.25, 0.3) is 11.5 Å². The van der Waals surface area contributed by atoms with E-state index in [0.717, 1.165) is 20.9 Å². The van der Waals surface area contributed by atoms with Gasteiger partial charge in [0, 0.05) is 0 Å². The summed E-state index contributed by atoms with van der Waals surface area (Å²) in [5.41, 5.74) is -1.07. The summed E-state index contributed by atoms with van der Waals surface area (Å²) in [6.45, 7) is 1.59. The minimum Gasteiger partial charge on any atom is -0.497 e. The highest BCUT2D eigenvalue weighted by Crippen LogP contribution is 2.14. The predicted molar refractivity (Wildman–Crippen MR) is 128 cm³/mol. The van der Waals surface area contributed by atoms with Crippen LogP contribution < -0.4 is 21.3 Å². The smallest absolute Gasteiger partial charge is 0.352 e. The number of halogens is 1. The summed E-state index contributed by atoms with van der Waals surface area (Å²) in [6, 6.07) is 21.0. The molecule has 1 amide bonds. The van der Waals surface area contributed by atoms with Crippen LogP contribution in [0.4, 0.5) is 4.39 Å². The molecule has 0 unspecified atom stereocenters. The maximum atomic E-state index is 14.6. The van der Waals surface area contributed by atoms with Crippen LogP contribution in [0.1, 0.15) is 34.6 Å². The summed E-state index contributed by atoms with van der Waals surface area (Å²) < 4.78 is 21.4. The SMILES string of the molecule is COc1cccc(Cn2c(=O)c(C(=O)N[C@H](C)c3ccccc3)nn(-c3ccccc3F)c2=O)c1. The van der Waals surface area contributed by atoms with Gasteiger partial charge >= 0.3 is 5.69 Å². The molecule has 1 N–H and O–H groups in total. The van der Waals surface area contributed by atoms with E-state index in [4.69, 9.17) is 4.74 Å². The van der Waals surface area contributed by atoms with Gasteiger partial charge in [-0.2, -0.15) is 9.78 Å². The van der Waals surface area contributed by atoms with E-state index >= 15 is 0 Å². The molecule has 1 heterocycles. The Labute approximate surface area is 200 Å². The lowest BCUT2D eigenvalue weighted by atomic mass is 10.1. The maximum Gasteiger partial charge on any atom is 0.352 e. The van der Waals surface area contributed by atoms with Crippen molar-refractivity contribution in [1.82, 2.24) is 19.7 Å². The molecule has 4 rings (SSSR count). The molecule has 9 heteroatoms. The summed E-state index contributed by atoms with van der Waals surface area (Å²) in [7, 11) is 1.50. The van der Waals surface area contributed by atoms with Gasteiger partial charge in [-0.15, -0.1) is 0 Å². The third-order valence-corrected chi connectivity index (χ3v) is 5.48. The van der Waals surface area contributed by atoms with E-state index in [1.165, 1.54) is 25.3 Å². The summed E-state index contributed by atoms with van der Waals surface area (Å²) in [4.78, 5) is 39.6. The normalized spacial score (nSPS) is 11.6. The number of nitrogens with zero attached hydrogens (tertiary/aromatic N) is 3. The summed E-state index contributed by atoms with van der Waals surface area (Å²) >= 11 is 0. The van der Waals surface area contributed by atoms with Crippen molar-refractivity contribution in [1.29, 1.82) is 0 Å². The first-order valence-electron chi connectivity index (χ1n) is 10.9. The number of hydrogen-bond donors (Lipinski definition) is 1. The van der Waals surface area contributed by atoms with Gasteiger partial charge in [0.2, 0.25) is 5.69 Å². The van der Waals surface area contributed by atoms with Crippen LogP contribution in [0.25, 0.3) is 5.69 Å². The van der Waals surface area contributed by atoms with Gasteiger partial charge in [0.1, 0.15) is 17.3 Å². The fraction of sp³-hybridized carbons (Fsp3) is 0.154. The second kappa shape index (κ2) is 10.2. The molecule has 1 atom stereocenters. The lowest BCUT2D eigenvalue weighted by Crippen LogP contribution is -2.46. The number of ether oxygens (including phenoxy) is 1. The van der Waals surface area contributed by atoms with Crippen LogP contribution in [0.15, 0.2) is 88.5 Å². The van der Waals surface area contributed by atoms with Crippen molar-refractivity contribution in [2.24, 2.45) is 0 Å². The first-order chi connectivity index (χ1) is 16.9. The Hall–Kier alpha value is -4.53. The van der Waals surface area contributed by atoms with Crippen molar-refractivity contribution in [3.05, 3.63) is 122 Å². The number of amides is 1. The fourth-order valence-corrected chi connectivity index (χ4v) is 3.62. The third-order valence-electron chi connectivity index (χ3n) is 5.48. The number of benzene rings is 3. The van der Waals surface area contributed by atoms with E-state index in [1.807, 2.05) is 30.3 Å². The number of carbonyl (C=O) groups excluding carboxylic acids is 1. The molecular weight excluding hydrogens is 451 g/mol. The zero-order chi connectivity index (χ0) is 24.9. The highest BCUT2D eigenvalue weighted by atomic mass is 19.1. The molecule has 0 aliphatic heterocycles. The number of carbonyl (C=O) groups is 1. The number of methoxy groups -OCH3 is 1. The van der Waals surface area contributed by atoms with E-state index in [0.29, 0.717) is 11.3 Å². The minimum atomic E-state index is -0.886. The number of rotatable bonds is 7. The van der Waals surface area contributed by atoms with Gasteiger partial charge in [0.15, 0.2) is 0 Å². The third kappa shape index (κ3) is 5.03. The molecule has 35 heavy (non-hydrogen) atoms. The van der Waals surface area contributed by atoms with E-state index in [-0.39, 0.29) is 12.2 Å². The van der Waals surface area contributed by atoms with Crippen molar-refractivity contribution in [2.75, 3.05) is 7.11 Å². The van der Waals surface area contributed by atoms with Gasteiger partial charge < -0.3 is 10.1 Å². The van der Waals surface area contributed by atoms with Crippen LogP contribution >= 0.6 is 0 Å². The second-order valence-electron chi connectivity index (χ2n) is 7.84. The Balaban J connectivity index is 1.82. The molecule has 0 fully saturated rings. The van der Waals surface area contributed by atoms with Crippen LogP contribution in [0.2, 0.25) is 0 Å². The first kappa shape index (κ1) is 23.6. The molecule has 178 valence electrons. The monoisotopic (exact) mass is 474 g/mol. The molecule has 0 aliphatic carbocycles. The maximum absolute atomic E-state index is 14.6. The van der Waals surface area contributed by atoms with Crippen molar-refractivity contribution in [3.8, 4) is 11.4 Å². The van der Waals surface area contributed by atoms with E-state index < -0.39 is 34.7 Å². The number of aromatic nitrogens is 3. The Kier molecular flexibility index (Phi) is 6.86. The molecule has 0 bridgehead atoms. The number of nitrogens with one attached hydrogen (secondary N) is 1. The van der Waals surface area contributed by atoms with Crippen LogP contribution in [-0.2, 0) is 6.54 Å². The molecule has 1 aromatic heterocycles. The lowest BCUT2D eigenvalue weighted by Gasteiger charge is -2.16. The van der Waals surface area contributed by atoms with Crippen molar-refractivity contribution >= 4 is 5.91 Å². The average Bonchev–Trinajstić information content (AvgIpc) is 2.88. The van der Waals surface area contributed by atoms with E-state index in [1.54, 1.807) is 31.2 Å². The van der Waals surface area contributed by atoms with Crippen LogP contribution in [0.5, 0.6) is 5.75 Å². The summed E-state index contributed by atoms with van der Waals surface area (Å²) in [6.07, 6.45) is 0. The Morgan fingerprint density at radius 1 is 1.03 bits per heavy atom. The van der Waals surface area contributed by atoms with Gasteiger partial charge in [-0.1, -0.05) is 54.6 Å².